The number of hydrogen-bond donors (Lipinski definition) is 0. The summed E-state index contributed by atoms with van der Waals surface area (Å²) in [4.78, 5) is 0. The van der Waals surface area contributed by atoms with Gasteiger partial charge in [0.15, 0.2) is 0 Å². The molecule has 0 spiro atoms. The van der Waals surface area contributed by atoms with Crippen LogP contribution in [-0.4, -0.2) is 101 Å². The Labute approximate surface area is 394 Å². The molecule has 10 heteroatoms. The smallest absolute Gasteiger partial charge is 0.381 e. The van der Waals surface area contributed by atoms with Gasteiger partial charge in [0.2, 0.25) is 0 Å². The first-order valence-corrected chi connectivity index (χ1v) is 22.4. The second kappa shape index (κ2) is 37.4. The largest absolute Gasteiger partial charge is 3.00 e. The number of benzene rings is 4. The summed E-state index contributed by atoms with van der Waals surface area (Å²) in [5, 5.41) is 0. The van der Waals surface area contributed by atoms with Crippen molar-refractivity contribution < 1.29 is 65.4 Å². The van der Waals surface area contributed by atoms with Crippen LogP contribution in [-0.2, 0) is 23.7 Å². The molecule has 0 saturated carbocycles. The van der Waals surface area contributed by atoms with Crippen molar-refractivity contribution in [3.05, 3.63) is 121 Å². The zero-order valence-corrected chi connectivity index (χ0v) is 38.0. The molecule has 58 heavy (non-hydrogen) atoms. The number of ether oxygens (including phenoxy) is 5. The van der Waals surface area contributed by atoms with E-state index < -0.39 is 6.15 Å². The summed E-state index contributed by atoms with van der Waals surface area (Å²) in [5.41, 5.74) is 5.36. The Balaban J connectivity index is 0.000000410. The summed E-state index contributed by atoms with van der Waals surface area (Å²) in [6.45, 7) is 10.0. The summed E-state index contributed by atoms with van der Waals surface area (Å²) < 4.78 is 24.7. The third-order valence-electron chi connectivity index (χ3n) is 10.2. The van der Waals surface area contributed by atoms with E-state index in [0.29, 0.717) is 0 Å². The van der Waals surface area contributed by atoms with Crippen LogP contribution in [0.1, 0.15) is 77.0 Å². The van der Waals surface area contributed by atoms with E-state index in [1.807, 2.05) is 0 Å². The van der Waals surface area contributed by atoms with E-state index in [-0.39, 0.29) is 58.6 Å². The van der Waals surface area contributed by atoms with E-state index >= 15 is 0 Å². The minimum absolute atomic E-state index is 0. The first kappa shape index (κ1) is 54.6. The molecular weight excluding hydrogens is 861 g/mol. The SMILES string of the molecule is C1CCOC1.C1CCOC1.C1CCOC1.C1CCOC1.C1CCOC1.C1CCSC1.[BH4-].[BH4-].[Ce+3].c1ccc([B-](c2ccccc2)(c2ccccc2)c2ccccc2)cc1. The number of hydrogen-bond acceptors (Lipinski definition) is 6. The van der Waals surface area contributed by atoms with Gasteiger partial charge in [0.25, 0.3) is 0 Å². The fourth-order valence-electron chi connectivity index (χ4n) is 7.18. The molecule has 10 rings (SSSR count). The topological polar surface area (TPSA) is 46.2 Å². The Kier molecular flexibility index (Phi) is 35.2. The van der Waals surface area contributed by atoms with Crippen molar-refractivity contribution in [1.29, 1.82) is 0 Å². The van der Waals surface area contributed by atoms with Crippen LogP contribution in [0, 0.1) is 41.7 Å². The molecule has 5 nitrogen and oxygen atoms in total. The molecule has 1 radical (unpaired) electrons. The Bertz CT molecular complexity index is 1140. The van der Waals surface area contributed by atoms with Crippen LogP contribution in [0.5, 0.6) is 0 Å². The van der Waals surface area contributed by atoms with Crippen molar-refractivity contribution >= 4 is 56.6 Å². The summed E-state index contributed by atoms with van der Waals surface area (Å²) in [6.07, 6.45) is 14.5. The van der Waals surface area contributed by atoms with Gasteiger partial charge in [0.1, 0.15) is 6.15 Å². The van der Waals surface area contributed by atoms with Crippen LogP contribution in [0.2, 0.25) is 0 Å². The minimum Gasteiger partial charge on any atom is -0.381 e. The second-order valence-electron chi connectivity index (χ2n) is 14.4. The van der Waals surface area contributed by atoms with Crippen LogP contribution in [0.4, 0.5) is 0 Å². The predicted octanol–water partition coefficient (Wildman–Crippen LogP) is 5.66. The molecule has 0 N–H and O–H groups in total. The standard InChI is InChI=1S/C24H20B.5C4H8O.C4H8S.2BH4.Ce/c1-5-13-21(14-6-1)25(22-15-7-2-8-16-22,23-17-9-3-10-18-23)24-19-11-4-12-20-24;6*1-2-4-5-3-1;;;/h1-20H;6*1-4H2;2*1H4;/q-1;;;;;;;2*-1;+3. The van der Waals surface area contributed by atoms with E-state index in [9.17, 15) is 0 Å². The van der Waals surface area contributed by atoms with Crippen LogP contribution >= 0.6 is 11.8 Å². The van der Waals surface area contributed by atoms with Gasteiger partial charge in [-0.3, -0.25) is 0 Å². The predicted molar refractivity (Wildman–Crippen MR) is 260 cm³/mol. The van der Waals surface area contributed by atoms with Crippen molar-refractivity contribution in [2.24, 2.45) is 0 Å². The van der Waals surface area contributed by atoms with E-state index in [4.69, 9.17) is 23.7 Å². The molecular formula is C48H76B3CeO5S. The molecule has 0 aliphatic carbocycles. The molecule has 0 aromatic heterocycles. The molecule has 0 unspecified atom stereocenters. The second-order valence-corrected chi connectivity index (χ2v) is 15.7. The molecule has 4 aromatic carbocycles. The Morgan fingerprint density at radius 2 is 0.483 bits per heavy atom. The van der Waals surface area contributed by atoms with Crippen molar-refractivity contribution in [3.8, 4) is 0 Å². The van der Waals surface area contributed by atoms with E-state index in [2.05, 4.69) is 133 Å². The first-order valence-electron chi connectivity index (χ1n) is 21.3. The number of rotatable bonds is 4. The molecule has 6 aliphatic heterocycles. The minimum atomic E-state index is -1.22. The van der Waals surface area contributed by atoms with Gasteiger partial charge in [-0.05, 0) is 88.6 Å². The number of thioether (sulfide) groups is 1. The zero-order chi connectivity index (χ0) is 38.2. The normalized spacial score (nSPS) is 17.2. The van der Waals surface area contributed by atoms with Crippen LogP contribution in [0.25, 0.3) is 0 Å². The average molecular weight is 938 g/mol. The Morgan fingerprint density at radius 1 is 0.293 bits per heavy atom. The molecule has 0 amide bonds. The molecule has 0 atom stereocenters. The maximum atomic E-state index is 4.94. The molecule has 6 heterocycles. The van der Waals surface area contributed by atoms with Gasteiger partial charge in [-0.15, -0.1) is 0 Å². The van der Waals surface area contributed by atoms with Crippen molar-refractivity contribution in [2.45, 2.75) is 77.0 Å². The van der Waals surface area contributed by atoms with Gasteiger partial charge >= 0.3 is 41.7 Å². The monoisotopic (exact) mass is 937 g/mol. The van der Waals surface area contributed by atoms with Crippen LogP contribution in [0.15, 0.2) is 121 Å². The van der Waals surface area contributed by atoms with Crippen LogP contribution in [0.3, 0.4) is 0 Å². The maximum absolute atomic E-state index is 4.94. The van der Waals surface area contributed by atoms with E-state index in [1.165, 1.54) is 110 Å². The van der Waals surface area contributed by atoms with Gasteiger partial charge < -0.3 is 23.7 Å². The van der Waals surface area contributed by atoms with Gasteiger partial charge in [-0.25, -0.2) is 0 Å². The first-order chi connectivity index (χ1) is 27.4. The maximum Gasteiger partial charge on any atom is 3.00 e. The Hall–Kier alpha value is -1.40. The Morgan fingerprint density at radius 3 is 0.603 bits per heavy atom. The molecule has 6 saturated heterocycles. The van der Waals surface area contributed by atoms with E-state index in [0.717, 1.165) is 66.1 Å². The van der Waals surface area contributed by atoms with Gasteiger partial charge in [0.05, 0.1) is 0 Å². The van der Waals surface area contributed by atoms with Crippen molar-refractivity contribution in [3.63, 3.8) is 0 Å². The molecule has 6 aliphatic rings. The van der Waals surface area contributed by atoms with Crippen LogP contribution < -0.4 is 21.9 Å². The quantitative estimate of drug-likeness (QED) is 0.247. The van der Waals surface area contributed by atoms with E-state index in [1.54, 1.807) is 0 Å². The zero-order valence-electron chi connectivity index (χ0n) is 34.0. The summed E-state index contributed by atoms with van der Waals surface area (Å²) in [6, 6.07) is 43.5. The third-order valence-corrected chi connectivity index (χ3v) is 11.3. The van der Waals surface area contributed by atoms with Crippen molar-refractivity contribution in [2.75, 3.05) is 77.6 Å². The third kappa shape index (κ3) is 21.9. The average Bonchev–Trinajstić information content (AvgIpc) is 4.14. The fourth-order valence-corrected chi connectivity index (χ4v) is 8.20. The van der Waals surface area contributed by atoms with Gasteiger partial charge in [-0.2, -0.15) is 33.6 Å². The summed E-state index contributed by atoms with van der Waals surface area (Å²) >= 11 is 2.07. The molecule has 317 valence electrons. The van der Waals surface area contributed by atoms with Gasteiger partial charge in [0, 0.05) is 66.1 Å². The van der Waals surface area contributed by atoms with Crippen molar-refractivity contribution in [1.82, 2.24) is 0 Å². The molecule has 4 aromatic rings. The fraction of sp³-hybridized carbons (Fsp3) is 0.500. The molecule has 6 fully saturated rings. The van der Waals surface area contributed by atoms with Gasteiger partial charge in [-0.1, -0.05) is 138 Å². The molecule has 0 bridgehead atoms. The summed E-state index contributed by atoms with van der Waals surface area (Å²) in [5.74, 6) is 2.83. The summed E-state index contributed by atoms with van der Waals surface area (Å²) in [7, 11) is 0.